The van der Waals surface area contributed by atoms with Crippen molar-refractivity contribution < 1.29 is 4.52 Å². The van der Waals surface area contributed by atoms with Crippen LogP contribution in [0.1, 0.15) is 28.8 Å². The summed E-state index contributed by atoms with van der Waals surface area (Å²) in [4.78, 5) is 8.11. The van der Waals surface area contributed by atoms with Gasteiger partial charge in [0.15, 0.2) is 0 Å². The molecule has 2 heterocycles. The van der Waals surface area contributed by atoms with E-state index in [9.17, 15) is 0 Å². The second kappa shape index (κ2) is 5.31. The molecule has 0 atom stereocenters. The normalized spacial score (nSPS) is 13.5. The molecule has 1 aliphatic carbocycles. The number of aryl methyl sites for hydroxylation is 3. The van der Waals surface area contributed by atoms with Gasteiger partial charge in [0.1, 0.15) is 0 Å². The summed E-state index contributed by atoms with van der Waals surface area (Å²) in [5, 5.41) is 5.47. The van der Waals surface area contributed by atoms with E-state index >= 15 is 0 Å². The molecule has 4 nitrogen and oxygen atoms in total. The van der Waals surface area contributed by atoms with Gasteiger partial charge in [-0.3, -0.25) is 0 Å². The third kappa shape index (κ3) is 2.29. The van der Waals surface area contributed by atoms with Crippen LogP contribution < -0.4 is 0 Å². The van der Waals surface area contributed by atoms with E-state index in [1.807, 2.05) is 12.1 Å². The van der Waals surface area contributed by atoms with E-state index in [0.717, 1.165) is 29.5 Å². The van der Waals surface area contributed by atoms with E-state index in [1.165, 1.54) is 27.7 Å². The molecule has 2 aromatic carbocycles. The SMILES string of the molecule is Cc1ccc(-c2nc(-c3ccc4[nH]c5c(c4c3)CC[CH]5)no2)c(C)c1. The summed E-state index contributed by atoms with van der Waals surface area (Å²) < 4.78 is 5.54. The number of hydrogen-bond donors (Lipinski definition) is 1. The van der Waals surface area contributed by atoms with Crippen molar-refractivity contribution in [1.82, 2.24) is 15.1 Å². The zero-order chi connectivity index (χ0) is 17.0. The molecule has 0 saturated carbocycles. The summed E-state index contributed by atoms with van der Waals surface area (Å²) in [6, 6.07) is 12.6. The van der Waals surface area contributed by atoms with Crippen LogP contribution in [0.3, 0.4) is 0 Å². The molecule has 25 heavy (non-hydrogen) atoms. The minimum atomic E-state index is 0.570. The zero-order valence-corrected chi connectivity index (χ0v) is 14.3. The highest BCUT2D eigenvalue weighted by molar-refractivity contribution is 5.89. The number of hydrogen-bond acceptors (Lipinski definition) is 3. The van der Waals surface area contributed by atoms with E-state index in [-0.39, 0.29) is 0 Å². The van der Waals surface area contributed by atoms with Crippen molar-refractivity contribution in [3.8, 4) is 22.8 Å². The number of rotatable bonds is 2. The fraction of sp³-hybridized carbons (Fsp3) is 0.190. The smallest absolute Gasteiger partial charge is 0.258 e. The Labute approximate surface area is 145 Å². The molecule has 1 N–H and O–H groups in total. The van der Waals surface area contributed by atoms with Gasteiger partial charge in [0, 0.05) is 34.1 Å². The average molecular weight is 328 g/mol. The first-order valence-electron chi connectivity index (χ1n) is 8.58. The molecule has 0 amide bonds. The Morgan fingerprint density at radius 3 is 2.88 bits per heavy atom. The van der Waals surface area contributed by atoms with Crippen LogP contribution in [-0.4, -0.2) is 15.1 Å². The first kappa shape index (κ1) is 14.5. The number of nitrogens with one attached hydrogen (secondary N) is 1. The molecule has 4 aromatic rings. The number of fused-ring (bicyclic) bond motifs is 3. The predicted molar refractivity (Wildman–Crippen MR) is 98.2 cm³/mol. The van der Waals surface area contributed by atoms with Crippen molar-refractivity contribution in [3.05, 3.63) is 65.2 Å². The number of H-pyrrole nitrogens is 1. The Balaban J connectivity index is 1.58. The standard InChI is InChI=1S/C21H18N3O/c1-12-6-8-15(13(2)10-12)21-23-20(24-25-21)14-7-9-19-17(11-14)16-4-3-5-18(16)22-19/h5-11,22H,3-4H2,1-2H3. The minimum Gasteiger partial charge on any atom is -0.358 e. The molecule has 4 heteroatoms. The number of nitrogens with zero attached hydrogens (tertiary/aromatic N) is 2. The maximum Gasteiger partial charge on any atom is 0.258 e. The highest BCUT2D eigenvalue weighted by atomic mass is 16.5. The van der Waals surface area contributed by atoms with Crippen molar-refractivity contribution in [3.63, 3.8) is 0 Å². The van der Waals surface area contributed by atoms with Crippen LogP contribution in [0, 0.1) is 20.3 Å². The first-order valence-corrected chi connectivity index (χ1v) is 8.58. The lowest BCUT2D eigenvalue weighted by Crippen LogP contribution is -1.86. The van der Waals surface area contributed by atoms with Crippen molar-refractivity contribution in [1.29, 1.82) is 0 Å². The third-order valence-corrected chi connectivity index (χ3v) is 4.98. The molecule has 0 bridgehead atoms. The zero-order valence-electron chi connectivity index (χ0n) is 14.3. The molecule has 0 fully saturated rings. The molecule has 1 aliphatic rings. The largest absolute Gasteiger partial charge is 0.358 e. The van der Waals surface area contributed by atoms with Crippen molar-refractivity contribution in [2.45, 2.75) is 26.7 Å². The second-order valence-corrected chi connectivity index (χ2v) is 6.76. The van der Waals surface area contributed by atoms with E-state index in [1.54, 1.807) is 0 Å². The third-order valence-electron chi connectivity index (χ3n) is 4.98. The molecule has 5 rings (SSSR count). The molecular formula is C21H18N3O. The van der Waals surface area contributed by atoms with Crippen LogP contribution in [0.5, 0.6) is 0 Å². The van der Waals surface area contributed by atoms with Crippen LogP contribution in [0.2, 0.25) is 0 Å². The number of aromatic amines is 1. The van der Waals surface area contributed by atoms with Gasteiger partial charge in [-0.1, -0.05) is 22.9 Å². The summed E-state index contributed by atoms with van der Waals surface area (Å²) in [7, 11) is 0. The van der Waals surface area contributed by atoms with Crippen LogP contribution in [0.25, 0.3) is 33.7 Å². The highest BCUT2D eigenvalue weighted by Gasteiger charge is 2.19. The lowest BCUT2D eigenvalue weighted by Gasteiger charge is -2.01. The average Bonchev–Trinajstić information content (AvgIpc) is 3.30. The van der Waals surface area contributed by atoms with E-state index in [2.05, 4.69) is 59.7 Å². The van der Waals surface area contributed by atoms with Gasteiger partial charge in [-0.05, 0) is 62.1 Å². The summed E-state index contributed by atoms with van der Waals surface area (Å²) in [5.74, 6) is 1.20. The van der Waals surface area contributed by atoms with Crippen molar-refractivity contribution >= 4 is 10.9 Å². The molecule has 2 aromatic heterocycles. The van der Waals surface area contributed by atoms with Gasteiger partial charge in [-0.15, -0.1) is 0 Å². The Hall–Kier alpha value is -2.88. The molecular weight excluding hydrogens is 310 g/mol. The minimum absolute atomic E-state index is 0.570. The van der Waals surface area contributed by atoms with Crippen molar-refractivity contribution in [2.24, 2.45) is 0 Å². The molecule has 0 spiro atoms. The number of benzene rings is 2. The molecule has 0 unspecified atom stereocenters. The predicted octanol–water partition coefficient (Wildman–Crippen LogP) is 5.00. The summed E-state index contributed by atoms with van der Waals surface area (Å²) in [6.07, 6.45) is 4.47. The summed E-state index contributed by atoms with van der Waals surface area (Å²) >= 11 is 0. The van der Waals surface area contributed by atoms with Gasteiger partial charge in [-0.25, -0.2) is 0 Å². The number of aromatic nitrogens is 3. The van der Waals surface area contributed by atoms with Gasteiger partial charge in [0.05, 0.1) is 0 Å². The van der Waals surface area contributed by atoms with Crippen LogP contribution in [0.15, 0.2) is 40.9 Å². The fourth-order valence-corrected chi connectivity index (χ4v) is 3.72. The lowest BCUT2D eigenvalue weighted by atomic mass is 10.1. The Kier molecular flexibility index (Phi) is 3.07. The Bertz CT molecular complexity index is 1100. The van der Waals surface area contributed by atoms with Crippen LogP contribution >= 0.6 is 0 Å². The highest BCUT2D eigenvalue weighted by Crippen LogP contribution is 2.33. The molecule has 123 valence electrons. The second-order valence-electron chi connectivity index (χ2n) is 6.76. The quantitative estimate of drug-likeness (QED) is 0.563. The Morgan fingerprint density at radius 1 is 1.08 bits per heavy atom. The van der Waals surface area contributed by atoms with Gasteiger partial charge in [0.25, 0.3) is 5.89 Å². The maximum atomic E-state index is 5.54. The fourth-order valence-electron chi connectivity index (χ4n) is 3.72. The van der Waals surface area contributed by atoms with Gasteiger partial charge in [0.2, 0.25) is 5.82 Å². The first-order chi connectivity index (χ1) is 12.2. The van der Waals surface area contributed by atoms with Crippen molar-refractivity contribution in [2.75, 3.05) is 0 Å². The van der Waals surface area contributed by atoms with E-state index in [4.69, 9.17) is 4.52 Å². The summed E-state index contributed by atoms with van der Waals surface area (Å²) in [5.41, 5.74) is 8.17. The van der Waals surface area contributed by atoms with Gasteiger partial charge in [-0.2, -0.15) is 4.98 Å². The maximum absolute atomic E-state index is 5.54. The van der Waals surface area contributed by atoms with E-state index < -0.39 is 0 Å². The van der Waals surface area contributed by atoms with Gasteiger partial charge >= 0.3 is 0 Å². The topological polar surface area (TPSA) is 54.7 Å². The summed E-state index contributed by atoms with van der Waals surface area (Å²) in [6.45, 7) is 4.15. The molecule has 1 radical (unpaired) electrons. The van der Waals surface area contributed by atoms with Gasteiger partial charge < -0.3 is 9.51 Å². The van der Waals surface area contributed by atoms with Crippen LogP contribution in [0.4, 0.5) is 0 Å². The van der Waals surface area contributed by atoms with Crippen LogP contribution in [-0.2, 0) is 6.42 Å². The van der Waals surface area contributed by atoms with E-state index in [0.29, 0.717) is 11.7 Å². The Morgan fingerprint density at radius 2 is 2.00 bits per heavy atom. The lowest BCUT2D eigenvalue weighted by molar-refractivity contribution is 0.432. The molecule has 0 saturated heterocycles. The monoisotopic (exact) mass is 328 g/mol. The molecule has 0 aliphatic heterocycles.